The predicted octanol–water partition coefficient (Wildman–Crippen LogP) is 2.99. The topological polar surface area (TPSA) is 56.5 Å². The van der Waals surface area contributed by atoms with Gasteiger partial charge in [0.2, 0.25) is 0 Å². The maximum absolute atomic E-state index is 6.10. The molecule has 2 heterocycles. The number of rotatable bonds is 3. The number of fused-ring (bicyclic) bond motifs is 1. The summed E-state index contributed by atoms with van der Waals surface area (Å²) >= 11 is 6.10. The van der Waals surface area contributed by atoms with Gasteiger partial charge in [-0.2, -0.15) is 4.68 Å². The van der Waals surface area contributed by atoms with Gasteiger partial charge in [0.25, 0.3) is 0 Å². The maximum atomic E-state index is 6.10. The summed E-state index contributed by atoms with van der Waals surface area (Å²) in [5.41, 5.74) is 0. The molecule has 20 heavy (non-hydrogen) atoms. The van der Waals surface area contributed by atoms with Gasteiger partial charge in [0.05, 0.1) is 0 Å². The Bertz CT molecular complexity index is 765. The van der Waals surface area contributed by atoms with Crippen molar-refractivity contribution in [3.05, 3.63) is 41.1 Å². The Morgan fingerprint density at radius 3 is 2.50 bits per heavy atom. The number of aromatic nitrogens is 5. The quantitative estimate of drug-likeness (QED) is 0.743. The van der Waals surface area contributed by atoms with Crippen LogP contribution in [0.2, 0.25) is 5.15 Å². The van der Waals surface area contributed by atoms with E-state index in [4.69, 9.17) is 11.6 Å². The molecular formula is C14H14ClN5. The summed E-state index contributed by atoms with van der Waals surface area (Å²) in [6.07, 6.45) is 1.57. The van der Waals surface area contributed by atoms with Crippen LogP contribution >= 0.6 is 11.6 Å². The van der Waals surface area contributed by atoms with E-state index in [9.17, 15) is 0 Å². The molecule has 0 atom stereocenters. The molecule has 0 saturated carbocycles. The highest BCUT2D eigenvalue weighted by molar-refractivity contribution is 6.34. The second-order valence-electron chi connectivity index (χ2n) is 4.42. The lowest BCUT2D eigenvalue weighted by atomic mass is 10.2. The largest absolute Gasteiger partial charge is 0.216 e. The monoisotopic (exact) mass is 287 g/mol. The average molecular weight is 288 g/mol. The number of aryl methyl sites for hydroxylation is 2. The predicted molar refractivity (Wildman–Crippen MR) is 78.2 cm³/mol. The van der Waals surface area contributed by atoms with E-state index in [0.29, 0.717) is 11.0 Å². The zero-order valence-electron chi connectivity index (χ0n) is 11.3. The second-order valence-corrected chi connectivity index (χ2v) is 4.78. The van der Waals surface area contributed by atoms with E-state index < -0.39 is 0 Å². The summed E-state index contributed by atoms with van der Waals surface area (Å²) in [5.74, 6) is 2.36. The fourth-order valence-corrected chi connectivity index (χ4v) is 2.36. The first-order valence-electron chi connectivity index (χ1n) is 6.60. The Kier molecular flexibility index (Phi) is 3.36. The smallest absolute Gasteiger partial charge is 0.185 e. The van der Waals surface area contributed by atoms with Crippen molar-refractivity contribution in [2.75, 3.05) is 0 Å². The lowest BCUT2D eigenvalue weighted by Gasteiger charge is -2.07. The first kappa shape index (κ1) is 13.0. The van der Waals surface area contributed by atoms with Gasteiger partial charge in [0.1, 0.15) is 5.82 Å². The standard InChI is InChI=1S/C14H14ClN5/c1-3-11-16-12(4-2)20(19-11)14-10-8-6-5-7-9(10)13(15)17-18-14/h5-8H,3-4H2,1-2H3. The minimum absolute atomic E-state index is 0.401. The van der Waals surface area contributed by atoms with Crippen molar-refractivity contribution in [3.8, 4) is 5.82 Å². The van der Waals surface area contributed by atoms with Crippen LogP contribution in [-0.4, -0.2) is 25.0 Å². The fourth-order valence-electron chi connectivity index (χ4n) is 2.15. The van der Waals surface area contributed by atoms with E-state index in [1.165, 1.54) is 0 Å². The molecule has 102 valence electrons. The van der Waals surface area contributed by atoms with Crippen LogP contribution < -0.4 is 0 Å². The van der Waals surface area contributed by atoms with E-state index in [1.807, 2.05) is 38.1 Å². The highest BCUT2D eigenvalue weighted by Gasteiger charge is 2.15. The lowest BCUT2D eigenvalue weighted by molar-refractivity contribution is 0.759. The average Bonchev–Trinajstić information content (AvgIpc) is 2.91. The van der Waals surface area contributed by atoms with Crippen LogP contribution in [0.5, 0.6) is 0 Å². The van der Waals surface area contributed by atoms with Crippen LogP contribution in [0.1, 0.15) is 25.5 Å². The van der Waals surface area contributed by atoms with E-state index >= 15 is 0 Å². The Labute approximate surface area is 121 Å². The van der Waals surface area contributed by atoms with Gasteiger partial charge < -0.3 is 0 Å². The molecule has 3 rings (SSSR count). The van der Waals surface area contributed by atoms with Crippen LogP contribution in [0.3, 0.4) is 0 Å². The zero-order valence-corrected chi connectivity index (χ0v) is 12.1. The van der Waals surface area contributed by atoms with E-state index in [0.717, 1.165) is 35.3 Å². The third-order valence-electron chi connectivity index (χ3n) is 3.17. The molecule has 0 amide bonds. The maximum Gasteiger partial charge on any atom is 0.185 e. The van der Waals surface area contributed by atoms with Crippen molar-refractivity contribution in [1.82, 2.24) is 25.0 Å². The molecule has 0 aliphatic heterocycles. The van der Waals surface area contributed by atoms with Crippen LogP contribution in [0.25, 0.3) is 16.6 Å². The van der Waals surface area contributed by atoms with Crippen molar-refractivity contribution < 1.29 is 0 Å². The molecule has 5 nitrogen and oxygen atoms in total. The lowest BCUT2D eigenvalue weighted by Crippen LogP contribution is -2.06. The fraction of sp³-hybridized carbons (Fsp3) is 0.286. The minimum Gasteiger partial charge on any atom is -0.216 e. The molecule has 0 aliphatic rings. The summed E-state index contributed by atoms with van der Waals surface area (Å²) in [6, 6.07) is 7.78. The summed E-state index contributed by atoms with van der Waals surface area (Å²) < 4.78 is 1.77. The molecule has 0 saturated heterocycles. The van der Waals surface area contributed by atoms with Gasteiger partial charge in [-0.05, 0) is 0 Å². The summed E-state index contributed by atoms with van der Waals surface area (Å²) in [6.45, 7) is 4.08. The molecule has 3 aromatic rings. The molecule has 0 unspecified atom stereocenters. The SMILES string of the molecule is CCc1nc(CC)n(-c2nnc(Cl)c3ccccc23)n1. The minimum atomic E-state index is 0.401. The van der Waals surface area contributed by atoms with Crippen molar-refractivity contribution >= 4 is 22.4 Å². The number of nitrogens with zero attached hydrogens (tertiary/aromatic N) is 5. The van der Waals surface area contributed by atoms with Crippen molar-refractivity contribution in [3.63, 3.8) is 0 Å². The van der Waals surface area contributed by atoms with Gasteiger partial charge >= 0.3 is 0 Å². The van der Waals surface area contributed by atoms with Gasteiger partial charge in [-0.15, -0.1) is 15.3 Å². The number of halogens is 1. The van der Waals surface area contributed by atoms with Crippen molar-refractivity contribution in [2.45, 2.75) is 26.7 Å². The first-order valence-corrected chi connectivity index (χ1v) is 6.98. The Balaban J connectivity index is 2.30. The summed E-state index contributed by atoms with van der Waals surface area (Å²) in [4.78, 5) is 4.50. The molecule has 1 aromatic carbocycles. The number of hydrogen-bond donors (Lipinski definition) is 0. The van der Waals surface area contributed by atoms with Gasteiger partial charge in [-0.1, -0.05) is 49.7 Å². The highest BCUT2D eigenvalue weighted by atomic mass is 35.5. The van der Waals surface area contributed by atoms with Crippen LogP contribution in [-0.2, 0) is 12.8 Å². The van der Waals surface area contributed by atoms with Crippen molar-refractivity contribution in [1.29, 1.82) is 0 Å². The van der Waals surface area contributed by atoms with Crippen LogP contribution in [0.4, 0.5) is 0 Å². The number of benzene rings is 1. The molecule has 2 aromatic heterocycles. The van der Waals surface area contributed by atoms with Crippen molar-refractivity contribution in [2.24, 2.45) is 0 Å². The normalized spacial score (nSPS) is 11.2. The molecule has 0 fully saturated rings. The molecule has 0 spiro atoms. The first-order chi connectivity index (χ1) is 9.74. The third-order valence-corrected chi connectivity index (χ3v) is 3.45. The Hall–Kier alpha value is -2.01. The van der Waals surface area contributed by atoms with Gasteiger partial charge in [0, 0.05) is 23.6 Å². The van der Waals surface area contributed by atoms with Crippen LogP contribution in [0.15, 0.2) is 24.3 Å². The molecule has 0 aliphatic carbocycles. The van der Waals surface area contributed by atoms with Crippen LogP contribution in [0, 0.1) is 0 Å². The molecule has 0 radical (unpaired) electrons. The Morgan fingerprint density at radius 1 is 1.05 bits per heavy atom. The molecule has 0 bridgehead atoms. The molecule has 6 heteroatoms. The molecule has 0 N–H and O–H groups in total. The Morgan fingerprint density at radius 2 is 1.80 bits per heavy atom. The van der Waals surface area contributed by atoms with E-state index in [-0.39, 0.29) is 0 Å². The van der Waals surface area contributed by atoms with Gasteiger partial charge in [-0.3, -0.25) is 0 Å². The van der Waals surface area contributed by atoms with E-state index in [1.54, 1.807) is 4.68 Å². The van der Waals surface area contributed by atoms with Gasteiger partial charge in [0.15, 0.2) is 16.8 Å². The summed E-state index contributed by atoms with van der Waals surface area (Å²) in [5, 5.41) is 14.9. The molecular weight excluding hydrogens is 274 g/mol. The van der Waals surface area contributed by atoms with Gasteiger partial charge in [-0.25, -0.2) is 4.98 Å². The second kappa shape index (κ2) is 5.17. The highest BCUT2D eigenvalue weighted by Crippen LogP contribution is 2.25. The third kappa shape index (κ3) is 2.04. The summed E-state index contributed by atoms with van der Waals surface area (Å²) in [7, 11) is 0. The van der Waals surface area contributed by atoms with E-state index in [2.05, 4.69) is 20.3 Å². The number of hydrogen-bond acceptors (Lipinski definition) is 4. The zero-order chi connectivity index (χ0) is 14.1.